The Kier molecular flexibility index (Phi) is 5.52. The summed E-state index contributed by atoms with van der Waals surface area (Å²) < 4.78 is 0. The Bertz CT molecular complexity index is 839. The highest BCUT2D eigenvalue weighted by molar-refractivity contribution is 6.21. The van der Waals surface area contributed by atoms with E-state index < -0.39 is 11.9 Å². The summed E-state index contributed by atoms with van der Waals surface area (Å²) in [6.07, 6.45) is 2.05. The molecular weight excluding hydrogens is 326 g/mol. The number of hydrogen-bond donors (Lipinski definition) is 2. The molecule has 0 aliphatic carbocycles. The second-order valence-electron chi connectivity index (χ2n) is 6.72. The fourth-order valence-electron chi connectivity index (χ4n) is 3.27. The summed E-state index contributed by atoms with van der Waals surface area (Å²) in [4.78, 5) is 24.6. The van der Waals surface area contributed by atoms with Gasteiger partial charge in [0.05, 0.1) is 6.04 Å². The van der Waals surface area contributed by atoms with Crippen molar-refractivity contribution in [1.29, 1.82) is 0 Å². The molecule has 134 valence electrons. The van der Waals surface area contributed by atoms with Gasteiger partial charge in [0, 0.05) is 6.42 Å². The van der Waals surface area contributed by atoms with Gasteiger partial charge in [-0.1, -0.05) is 60.2 Å². The summed E-state index contributed by atoms with van der Waals surface area (Å²) >= 11 is 0. The topological polar surface area (TPSA) is 66.4 Å². The van der Waals surface area contributed by atoms with E-state index >= 15 is 0 Å². The summed E-state index contributed by atoms with van der Waals surface area (Å²) in [5.74, 6) is -0.876. The molecule has 1 unspecified atom stereocenters. The first-order chi connectivity index (χ1) is 12.5. The number of nitrogens with one attached hydrogen (secondary N) is 1. The number of aliphatic hydroxyl groups excluding tert-OH is 1. The molecule has 2 N–H and O–H groups in total. The molecule has 0 saturated carbocycles. The molecule has 4 nitrogen and oxygen atoms in total. The van der Waals surface area contributed by atoms with E-state index in [-0.39, 0.29) is 23.5 Å². The van der Waals surface area contributed by atoms with Crippen LogP contribution in [0.2, 0.25) is 0 Å². The minimum absolute atomic E-state index is 0.0734. The van der Waals surface area contributed by atoms with Crippen LogP contribution in [0.5, 0.6) is 0 Å². The van der Waals surface area contributed by atoms with Gasteiger partial charge in [-0.3, -0.25) is 9.59 Å². The predicted molar refractivity (Wildman–Crippen MR) is 101 cm³/mol. The molecule has 0 bridgehead atoms. The van der Waals surface area contributed by atoms with Crippen LogP contribution in [0, 0.1) is 6.92 Å². The lowest BCUT2D eigenvalue weighted by atomic mass is 9.99. The van der Waals surface area contributed by atoms with Gasteiger partial charge >= 0.3 is 0 Å². The van der Waals surface area contributed by atoms with Gasteiger partial charge in [0.1, 0.15) is 11.3 Å². The van der Waals surface area contributed by atoms with Crippen molar-refractivity contribution >= 4 is 11.7 Å². The zero-order chi connectivity index (χ0) is 18.5. The van der Waals surface area contributed by atoms with Gasteiger partial charge in [0.15, 0.2) is 5.78 Å². The third-order valence-electron chi connectivity index (χ3n) is 4.69. The summed E-state index contributed by atoms with van der Waals surface area (Å²) in [5.41, 5.74) is 3.25. The maximum Gasteiger partial charge on any atom is 0.259 e. The van der Waals surface area contributed by atoms with Crippen LogP contribution in [0.25, 0.3) is 0 Å². The normalized spacial score (nSPS) is 16.7. The molecule has 26 heavy (non-hydrogen) atoms. The van der Waals surface area contributed by atoms with Gasteiger partial charge in [-0.2, -0.15) is 0 Å². The second-order valence-corrected chi connectivity index (χ2v) is 6.72. The molecular formula is C22H23NO3. The molecule has 0 fully saturated rings. The van der Waals surface area contributed by atoms with Gasteiger partial charge in [0.2, 0.25) is 0 Å². The van der Waals surface area contributed by atoms with Crippen LogP contribution in [0.1, 0.15) is 29.5 Å². The van der Waals surface area contributed by atoms with Crippen molar-refractivity contribution in [2.24, 2.45) is 0 Å². The number of aliphatic hydroxyl groups is 1. The van der Waals surface area contributed by atoms with E-state index in [0.29, 0.717) is 12.8 Å². The number of aryl methyl sites for hydroxylation is 3. The van der Waals surface area contributed by atoms with Crippen LogP contribution in [0.4, 0.5) is 0 Å². The molecule has 1 amide bonds. The molecule has 2 aromatic carbocycles. The molecule has 0 spiro atoms. The molecule has 1 atom stereocenters. The monoisotopic (exact) mass is 349 g/mol. The Labute approximate surface area is 153 Å². The van der Waals surface area contributed by atoms with Gasteiger partial charge in [-0.05, 0) is 37.3 Å². The molecule has 3 rings (SSSR count). The Balaban J connectivity index is 1.62. The Morgan fingerprint density at radius 1 is 1.04 bits per heavy atom. The summed E-state index contributed by atoms with van der Waals surface area (Å²) in [6, 6.07) is 17.3. The van der Waals surface area contributed by atoms with E-state index in [4.69, 9.17) is 0 Å². The second kappa shape index (κ2) is 8.00. The van der Waals surface area contributed by atoms with Gasteiger partial charge < -0.3 is 10.4 Å². The maximum absolute atomic E-state index is 12.5. The number of Topliss-reactive ketones (excluding diaryl/α,β-unsaturated/α-hetero) is 1. The standard InChI is InChI=1S/C22H23NO3/c1-15-6-5-9-17(14-15)11-13-19(24)20-21(25)18(23-22(20)26)12-10-16-7-3-2-4-8-16/h2-9,14,18,25H,10-13H2,1H3,(H,23,26). The van der Waals surface area contributed by atoms with E-state index in [0.717, 1.165) is 23.1 Å². The van der Waals surface area contributed by atoms with Crippen molar-refractivity contribution in [3.63, 3.8) is 0 Å². The number of carbonyl (C=O) groups is 2. The molecule has 0 saturated heterocycles. The number of ketones is 1. The van der Waals surface area contributed by atoms with Crippen molar-refractivity contribution in [2.45, 2.75) is 38.6 Å². The fraction of sp³-hybridized carbons (Fsp3) is 0.273. The Hall–Kier alpha value is -2.88. The molecule has 1 heterocycles. The van der Waals surface area contributed by atoms with Crippen LogP contribution in [0.3, 0.4) is 0 Å². The summed E-state index contributed by atoms with van der Waals surface area (Å²) in [7, 11) is 0. The van der Waals surface area contributed by atoms with Crippen molar-refractivity contribution in [2.75, 3.05) is 0 Å². The van der Waals surface area contributed by atoms with E-state index in [1.807, 2.05) is 61.5 Å². The highest BCUT2D eigenvalue weighted by atomic mass is 16.3. The molecule has 1 aliphatic rings. The predicted octanol–water partition coefficient (Wildman–Crippen LogP) is 3.44. The number of rotatable bonds is 7. The Morgan fingerprint density at radius 2 is 1.77 bits per heavy atom. The smallest absolute Gasteiger partial charge is 0.259 e. The first-order valence-corrected chi connectivity index (χ1v) is 8.91. The van der Waals surface area contributed by atoms with Crippen molar-refractivity contribution in [3.8, 4) is 0 Å². The minimum Gasteiger partial charge on any atom is -0.509 e. The number of amides is 1. The van der Waals surface area contributed by atoms with Crippen molar-refractivity contribution in [3.05, 3.63) is 82.6 Å². The van der Waals surface area contributed by atoms with E-state index in [2.05, 4.69) is 5.32 Å². The summed E-state index contributed by atoms with van der Waals surface area (Å²) in [5, 5.41) is 13.1. The number of carbonyl (C=O) groups excluding carboxylic acids is 2. The van der Waals surface area contributed by atoms with Crippen molar-refractivity contribution < 1.29 is 14.7 Å². The van der Waals surface area contributed by atoms with Crippen LogP contribution in [-0.2, 0) is 22.4 Å². The first-order valence-electron chi connectivity index (χ1n) is 8.91. The lowest BCUT2D eigenvalue weighted by Crippen LogP contribution is -2.30. The quantitative estimate of drug-likeness (QED) is 0.753. The van der Waals surface area contributed by atoms with Crippen LogP contribution < -0.4 is 5.32 Å². The molecule has 2 aromatic rings. The maximum atomic E-state index is 12.5. The molecule has 0 aromatic heterocycles. The first kappa shape index (κ1) is 17.9. The Morgan fingerprint density at radius 3 is 2.50 bits per heavy atom. The average Bonchev–Trinajstić information content (AvgIpc) is 2.92. The lowest BCUT2D eigenvalue weighted by Gasteiger charge is -2.10. The van der Waals surface area contributed by atoms with E-state index in [9.17, 15) is 14.7 Å². The van der Waals surface area contributed by atoms with E-state index in [1.165, 1.54) is 0 Å². The molecule has 0 radical (unpaired) electrons. The number of benzene rings is 2. The largest absolute Gasteiger partial charge is 0.509 e. The highest BCUT2D eigenvalue weighted by Crippen LogP contribution is 2.22. The van der Waals surface area contributed by atoms with E-state index in [1.54, 1.807) is 0 Å². The zero-order valence-corrected chi connectivity index (χ0v) is 14.9. The van der Waals surface area contributed by atoms with Gasteiger partial charge in [0.25, 0.3) is 5.91 Å². The molecule has 4 heteroatoms. The van der Waals surface area contributed by atoms with Crippen LogP contribution in [0.15, 0.2) is 65.9 Å². The SMILES string of the molecule is Cc1cccc(CCC(=O)C2=C(O)C(CCc3ccccc3)NC2=O)c1. The average molecular weight is 349 g/mol. The minimum atomic E-state index is -0.486. The number of hydrogen-bond acceptors (Lipinski definition) is 3. The van der Waals surface area contributed by atoms with Gasteiger partial charge in [-0.15, -0.1) is 0 Å². The molecule has 1 aliphatic heterocycles. The fourth-order valence-corrected chi connectivity index (χ4v) is 3.27. The van der Waals surface area contributed by atoms with Crippen molar-refractivity contribution in [1.82, 2.24) is 5.32 Å². The van der Waals surface area contributed by atoms with Crippen LogP contribution >= 0.6 is 0 Å². The highest BCUT2D eigenvalue weighted by Gasteiger charge is 2.35. The van der Waals surface area contributed by atoms with Gasteiger partial charge in [-0.25, -0.2) is 0 Å². The summed E-state index contributed by atoms with van der Waals surface area (Å²) in [6.45, 7) is 2.00. The zero-order valence-electron chi connectivity index (χ0n) is 14.9. The third kappa shape index (κ3) is 4.20. The third-order valence-corrected chi connectivity index (χ3v) is 4.69. The lowest BCUT2D eigenvalue weighted by molar-refractivity contribution is -0.122. The van der Waals surface area contributed by atoms with Crippen LogP contribution in [-0.4, -0.2) is 22.8 Å².